The second-order valence-electron chi connectivity index (χ2n) is 7.66. The summed E-state index contributed by atoms with van der Waals surface area (Å²) in [4.78, 5) is 31.6. The molecule has 0 atom stereocenters. The lowest BCUT2D eigenvalue weighted by Crippen LogP contribution is -2.45. The van der Waals surface area contributed by atoms with E-state index in [4.69, 9.17) is 40.5 Å². The molecule has 0 spiro atoms. The summed E-state index contributed by atoms with van der Waals surface area (Å²) < 4.78 is 0. The maximum atomic E-state index is 12.3. The Bertz CT molecular complexity index is 1170. The lowest BCUT2D eigenvalue weighted by Gasteiger charge is -2.33. The van der Waals surface area contributed by atoms with Gasteiger partial charge in [0, 0.05) is 53.7 Å². The minimum atomic E-state index is -0.456. The fourth-order valence-electron chi connectivity index (χ4n) is 3.22. The van der Waals surface area contributed by atoms with E-state index in [2.05, 4.69) is 27.1 Å². The SMILES string of the molecule is CN1CCN(c2ncc(C(=O)Nc3cccc(Cl)c3)cc2Cl)CC1.NC(=O)c1cccc(Cl)c1. The predicted octanol–water partition coefficient (Wildman–Crippen LogP) is 4.83. The maximum absolute atomic E-state index is 12.3. The molecular formula is C24H24Cl3N5O2. The Hall–Kier alpha value is -2.84. The van der Waals surface area contributed by atoms with Gasteiger partial charge in [-0.2, -0.15) is 0 Å². The van der Waals surface area contributed by atoms with Gasteiger partial charge in [-0.25, -0.2) is 4.98 Å². The number of anilines is 2. The third kappa shape index (κ3) is 7.33. The Labute approximate surface area is 213 Å². The van der Waals surface area contributed by atoms with Gasteiger partial charge >= 0.3 is 0 Å². The summed E-state index contributed by atoms with van der Waals surface area (Å²) in [6, 6.07) is 15.2. The molecule has 2 heterocycles. The molecular weight excluding hydrogens is 497 g/mol. The molecule has 0 saturated carbocycles. The van der Waals surface area contributed by atoms with Crippen LogP contribution in [-0.2, 0) is 0 Å². The number of nitrogens with two attached hydrogens (primary N) is 1. The fourth-order valence-corrected chi connectivity index (χ4v) is 3.88. The van der Waals surface area contributed by atoms with Gasteiger partial charge in [0.2, 0.25) is 5.91 Å². The first-order chi connectivity index (χ1) is 16.2. The summed E-state index contributed by atoms with van der Waals surface area (Å²) in [6.45, 7) is 3.68. The first-order valence-electron chi connectivity index (χ1n) is 10.4. The van der Waals surface area contributed by atoms with Crippen LogP contribution in [0.5, 0.6) is 0 Å². The van der Waals surface area contributed by atoms with Gasteiger partial charge in [0.1, 0.15) is 5.82 Å². The van der Waals surface area contributed by atoms with E-state index >= 15 is 0 Å². The molecule has 0 aliphatic carbocycles. The molecule has 3 aromatic rings. The van der Waals surface area contributed by atoms with Crippen molar-refractivity contribution in [3.8, 4) is 0 Å². The summed E-state index contributed by atoms with van der Waals surface area (Å²) in [5, 5.41) is 4.36. The molecule has 1 aliphatic rings. The number of primary amides is 1. The normalized spacial score (nSPS) is 13.6. The van der Waals surface area contributed by atoms with Gasteiger partial charge in [0.05, 0.1) is 10.6 Å². The third-order valence-corrected chi connectivity index (χ3v) is 5.83. The second kappa shape index (κ2) is 12.0. The van der Waals surface area contributed by atoms with E-state index in [-0.39, 0.29) is 5.91 Å². The number of carbonyl (C=O) groups excluding carboxylic acids is 2. The Balaban J connectivity index is 0.000000271. The molecule has 1 aromatic heterocycles. The van der Waals surface area contributed by atoms with E-state index in [9.17, 15) is 9.59 Å². The largest absolute Gasteiger partial charge is 0.366 e. The number of nitrogens with zero attached hydrogens (tertiary/aromatic N) is 3. The van der Waals surface area contributed by atoms with Gasteiger partial charge in [-0.15, -0.1) is 0 Å². The van der Waals surface area contributed by atoms with Crippen LogP contribution in [0.25, 0.3) is 0 Å². The maximum Gasteiger partial charge on any atom is 0.257 e. The monoisotopic (exact) mass is 519 g/mol. The number of carbonyl (C=O) groups is 2. The van der Waals surface area contributed by atoms with Crippen molar-refractivity contribution in [1.29, 1.82) is 0 Å². The number of amides is 2. The molecule has 178 valence electrons. The molecule has 7 nitrogen and oxygen atoms in total. The number of hydrogen-bond donors (Lipinski definition) is 2. The van der Waals surface area contributed by atoms with Crippen LogP contribution in [0, 0.1) is 0 Å². The molecule has 0 unspecified atom stereocenters. The summed E-state index contributed by atoms with van der Waals surface area (Å²) in [7, 11) is 2.09. The van der Waals surface area contributed by atoms with E-state index in [1.165, 1.54) is 6.07 Å². The van der Waals surface area contributed by atoms with E-state index in [0.717, 1.165) is 32.0 Å². The van der Waals surface area contributed by atoms with Crippen LogP contribution in [-0.4, -0.2) is 54.9 Å². The van der Waals surface area contributed by atoms with Crippen LogP contribution in [0.3, 0.4) is 0 Å². The number of nitrogens with one attached hydrogen (secondary N) is 1. The van der Waals surface area contributed by atoms with Gasteiger partial charge in [0.25, 0.3) is 5.91 Å². The minimum absolute atomic E-state index is 0.267. The van der Waals surface area contributed by atoms with Gasteiger partial charge in [-0.05, 0) is 49.5 Å². The van der Waals surface area contributed by atoms with Crippen molar-refractivity contribution in [1.82, 2.24) is 9.88 Å². The second-order valence-corrected chi connectivity index (χ2v) is 8.94. The van der Waals surface area contributed by atoms with Crippen LogP contribution in [0.2, 0.25) is 15.1 Å². The van der Waals surface area contributed by atoms with Crippen LogP contribution in [0.15, 0.2) is 60.8 Å². The smallest absolute Gasteiger partial charge is 0.257 e. The highest BCUT2D eigenvalue weighted by Crippen LogP contribution is 2.25. The van der Waals surface area contributed by atoms with Crippen molar-refractivity contribution in [2.45, 2.75) is 0 Å². The van der Waals surface area contributed by atoms with Crippen molar-refractivity contribution in [2.24, 2.45) is 5.73 Å². The molecule has 0 bridgehead atoms. The van der Waals surface area contributed by atoms with Crippen LogP contribution >= 0.6 is 34.8 Å². The number of piperazine rings is 1. The lowest BCUT2D eigenvalue weighted by molar-refractivity contribution is 0.0997. The predicted molar refractivity (Wildman–Crippen MR) is 138 cm³/mol. The zero-order valence-electron chi connectivity index (χ0n) is 18.5. The average Bonchev–Trinajstić information content (AvgIpc) is 2.80. The first kappa shape index (κ1) is 25.8. The Morgan fingerprint density at radius 3 is 2.12 bits per heavy atom. The Morgan fingerprint density at radius 1 is 0.912 bits per heavy atom. The quantitative estimate of drug-likeness (QED) is 0.514. The van der Waals surface area contributed by atoms with Crippen molar-refractivity contribution >= 4 is 58.1 Å². The number of benzene rings is 2. The van der Waals surface area contributed by atoms with E-state index < -0.39 is 5.91 Å². The topological polar surface area (TPSA) is 91.6 Å². The molecule has 2 amide bonds. The lowest BCUT2D eigenvalue weighted by atomic mass is 10.2. The Morgan fingerprint density at radius 2 is 1.56 bits per heavy atom. The zero-order valence-corrected chi connectivity index (χ0v) is 20.7. The van der Waals surface area contributed by atoms with Gasteiger partial charge < -0.3 is 20.9 Å². The van der Waals surface area contributed by atoms with Crippen LogP contribution < -0.4 is 16.0 Å². The highest BCUT2D eigenvalue weighted by Gasteiger charge is 2.19. The van der Waals surface area contributed by atoms with E-state index in [0.29, 0.717) is 31.9 Å². The number of likely N-dealkylation sites (N-methyl/N-ethyl adjacent to an activating group) is 1. The van der Waals surface area contributed by atoms with Crippen molar-refractivity contribution < 1.29 is 9.59 Å². The number of aromatic nitrogens is 1. The first-order valence-corrected chi connectivity index (χ1v) is 11.6. The Kier molecular flexibility index (Phi) is 9.12. The molecule has 0 radical (unpaired) electrons. The van der Waals surface area contributed by atoms with Crippen molar-refractivity contribution in [2.75, 3.05) is 43.4 Å². The summed E-state index contributed by atoms with van der Waals surface area (Å²) in [6.07, 6.45) is 1.55. The van der Waals surface area contributed by atoms with Gasteiger partial charge in [-0.3, -0.25) is 9.59 Å². The number of halogens is 3. The number of pyridine rings is 1. The van der Waals surface area contributed by atoms with E-state index in [1.54, 1.807) is 54.7 Å². The molecule has 1 aliphatic heterocycles. The molecule has 1 saturated heterocycles. The van der Waals surface area contributed by atoms with Crippen molar-refractivity contribution in [3.05, 3.63) is 87.0 Å². The van der Waals surface area contributed by atoms with Gasteiger partial charge in [-0.1, -0.05) is 46.9 Å². The highest BCUT2D eigenvalue weighted by molar-refractivity contribution is 6.33. The number of rotatable bonds is 4. The van der Waals surface area contributed by atoms with Crippen LogP contribution in [0.4, 0.5) is 11.5 Å². The molecule has 10 heteroatoms. The van der Waals surface area contributed by atoms with E-state index in [1.807, 2.05) is 0 Å². The molecule has 1 fully saturated rings. The molecule has 2 aromatic carbocycles. The molecule has 4 rings (SSSR count). The molecule has 3 N–H and O–H groups in total. The summed E-state index contributed by atoms with van der Waals surface area (Å²) >= 11 is 17.9. The zero-order chi connectivity index (χ0) is 24.7. The third-order valence-electron chi connectivity index (χ3n) is 5.08. The van der Waals surface area contributed by atoms with Crippen LogP contribution in [0.1, 0.15) is 20.7 Å². The van der Waals surface area contributed by atoms with Gasteiger partial charge in [0.15, 0.2) is 0 Å². The standard InChI is InChI=1S/C17H18Cl2N4O.C7H6ClNO/c1-22-5-7-23(8-6-22)16-15(19)9-12(11-20-16)17(24)21-14-4-2-3-13(18)10-14;8-6-3-1-2-5(4-6)7(9)10/h2-4,9-11H,5-8H2,1H3,(H,21,24);1-4H,(H2,9,10). The minimum Gasteiger partial charge on any atom is -0.366 e. The molecule has 34 heavy (non-hydrogen) atoms. The van der Waals surface area contributed by atoms with Crippen molar-refractivity contribution in [3.63, 3.8) is 0 Å². The highest BCUT2D eigenvalue weighted by atomic mass is 35.5. The summed E-state index contributed by atoms with van der Waals surface area (Å²) in [5.74, 6) is 0.00293. The summed E-state index contributed by atoms with van der Waals surface area (Å²) in [5.41, 5.74) is 6.47. The average molecular weight is 521 g/mol. The fraction of sp³-hybridized carbons (Fsp3) is 0.208. The number of hydrogen-bond acceptors (Lipinski definition) is 5.